The van der Waals surface area contributed by atoms with E-state index in [4.69, 9.17) is 9.47 Å². The lowest BCUT2D eigenvalue weighted by atomic mass is 9.85. The number of fused-ring (bicyclic) bond motifs is 1. The molecule has 1 atom stereocenters. The van der Waals surface area contributed by atoms with E-state index in [0.29, 0.717) is 34.4 Å². The van der Waals surface area contributed by atoms with Gasteiger partial charge in [0.2, 0.25) is 0 Å². The standard InChI is InChI=1S/C28H25F2NO4/c1-16-13-18-5-3-4-6-19(18)24(22(16)26(27(32)33)35-28(2,14-29)15-30)20-7-8-21-23-17(10-12-34-21)9-11-31-25(20)23/h3-9,11,13,26H,10,12,14-15H2,1-2H3,(H,32,33). The normalized spacial score (nSPS) is 14.2. The van der Waals surface area contributed by atoms with E-state index < -0.39 is 31.0 Å². The number of carboxylic acids is 1. The van der Waals surface area contributed by atoms with E-state index in [1.807, 2.05) is 48.5 Å². The maximum Gasteiger partial charge on any atom is 0.337 e. The molecule has 0 saturated heterocycles. The van der Waals surface area contributed by atoms with Gasteiger partial charge in [0.05, 0.1) is 12.1 Å². The third kappa shape index (κ3) is 3.90. The van der Waals surface area contributed by atoms with Crippen molar-refractivity contribution in [3.8, 4) is 16.9 Å². The van der Waals surface area contributed by atoms with Gasteiger partial charge in [-0.05, 0) is 59.5 Å². The third-order valence-electron chi connectivity index (χ3n) is 6.59. The van der Waals surface area contributed by atoms with Crippen molar-refractivity contribution in [2.45, 2.75) is 32.0 Å². The summed E-state index contributed by atoms with van der Waals surface area (Å²) in [5.41, 5.74) is 2.22. The van der Waals surface area contributed by atoms with E-state index in [9.17, 15) is 18.7 Å². The summed E-state index contributed by atoms with van der Waals surface area (Å²) in [7, 11) is 0. The van der Waals surface area contributed by atoms with Crippen LogP contribution in [0.5, 0.6) is 5.75 Å². The van der Waals surface area contributed by atoms with Crippen molar-refractivity contribution in [2.75, 3.05) is 20.0 Å². The molecule has 7 heteroatoms. The summed E-state index contributed by atoms with van der Waals surface area (Å²) in [6.07, 6.45) is 0.888. The minimum absolute atomic E-state index is 0.351. The van der Waals surface area contributed by atoms with Crippen LogP contribution in [0.3, 0.4) is 0 Å². The van der Waals surface area contributed by atoms with Gasteiger partial charge < -0.3 is 14.6 Å². The SMILES string of the molecule is Cc1cc2ccccc2c(-c2ccc3c4c(ccnc24)CCO3)c1C(OC(C)(CF)CF)C(=O)O. The molecule has 1 N–H and O–H groups in total. The molecule has 4 aromatic rings. The van der Waals surface area contributed by atoms with Crippen molar-refractivity contribution in [3.05, 3.63) is 71.4 Å². The lowest BCUT2D eigenvalue weighted by Crippen LogP contribution is -2.38. The molecule has 5 rings (SSSR count). The first-order chi connectivity index (χ1) is 16.9. The van der Waals surface area contributed by atoms with E-state index in [0.717, 1.165) is 33.9 Å². The van der Waals surface area contributed by atoms with Crippen molar-refractivity contribution in [1.82, 2.24) is 4.98 Å². The van der Waals surface area contributed by atoms with E-state index in [-0.39, 0.29) is 0 Å². The average molecular weight is 478 g/mol. The van der Waals surface area contributed by atoms with Crippen LogP contribution in [0.25, 0.3) is 32.8 Å². The Kier molecular flexibility index (Phi) is 5.89. The number of aromatic nitrogens is 1. The van der Waals surface area contributed by atoms with Gasteiger partial charge in [0.15, 0.2) is 6.10 Å². The lowest BCUT2D eigenvalue weighted by Gasteiger charge is -2.30. The highest BCUT2D eigenvalue weighted by molar-refractivity contribution is 6.08. The summed E-state index contributed by atoms with van der Waals surface area (Å²) in [4.78, 5) is 17.2. The highest BCUT2D eigenvalue weighted by Gasteiger charge is 2.37. The number of benzene rings is 3. The van der Waals surface area contributed by atoms with Crippen LogP contribution >= 0.6 is 0 Å². The zero-order valence-electron chi connectivity index (χ0n) is 19.5. The third-order valence-corrected chi connectivity index (χ3v) is 6.59. The quantitative estimate of drug-likeness (QED) is 0.346. The van der Waals surface area contributed by atoms with Crippen LogP contribution in [0.1, 0.15) is 29.7 Å². The van der Waals surface area contributed by atoms with Gasteiger partial charge in [0.1, 0.15) is 24.7 Å². The predicted octanol–water partition coefficient (Wildman–Crippen LogP) is 6.14. The van der Waals surface area contributed by atoms with Crippen molar-refractivity contribution in [1.29, 1.82) is 0 Å². The smallest absolute Gasteiger partial charge is 0.337 e. The largest absolute Gasteiger partial charge is 0.493 e. The van der Waals surface area contributed by atoms with Gasteiger partial charge in [-0.15, -0.1) is 0 Å². The Morgan fingerprint density at radius 2 is 1.97 bits per heavy atom. The molecule has 1 aliphatic rings. The van der Waals surface area contributed by atoms with Gasteiger partial charge >= 0.3 is 5.97 Å². The minimum Gasteiger partial charge on any atom is -0.493 e. The Labute approximate surface area is 201 Å². The number of aliphatic carboxylic acids is 1. The maximum atomic E-state index is 13.7. The molecule has 0 spiro atoms. The second-order valence-electron chi connectivity index (χ2n) is 9.16. The van der Waals surface area contributed by atoms with Crippen molar-refractivity contribution < 1.29 is 28.2 Å². The number of hydrogen-bond donors (Lipinski definition) is 1. The fourth-order valence-corrected chi connectivity index (χ4v) is 4.85. The molecule has 180 valence electrons. The van der Waals surface area contributed by atoms with Crippen molar-refractivity contribution in [3.63, 3.8) is 0 Å². The first-order valence-corrected chi connectivity index (χ1v) is 11.5. The predicted molar refractivity (Wildman–Crippen MR) is 130 cm³/mol. The molecule has 1 unspecified atom stereocenters. The molecule has 0 radical (unpaired) electrons. The highest BCUT2D eigenvalue weighted by Crippen LogP contribution is 2.45. The fraction of sp³-hybridized carbons (Fsp3) is 0.286. The minimum atomic E-state index is -1.88. The number of aryl methyl sites for hydroxylation is 1. The first kappa shape index (κ1) is 23.2. The molecule has 1 aromatic heterocycles. The molecule has 0 fully saturated rings. The highest BCUT2D eigenvalue weighted by atomic mass is 19.1. The van der Waals surface area contributed by atoms with Crippen LogP contribution in [-0.2, 0) is 16.0 Å². The molecule has 1 aliphatic heterocycles. The molecule has 0 bridgehead atoms. The average Bonchev–Trinajstić information content (AvgIpc) is 2.87. The Balaban J connectivity index is 1.87. The summed E-state index contributed by atoms with van der Waals surface area (Å²) in [5, 5.41) is 12.8. The summed E-state index contributed by atoms with van der Waals surface area (Å²) in [6.45, 7) is 1.28. The molecule has 0 aliphatic carbocycles. The molecule has 35 heavy (non-hydrogen) atoms. The molecule has 3 aromatic carbocycles. The van der Waals surface area contributed by atoms with E-state index in [1.165, 1.54) is 6.92 Å². The number of alkyl halides is 2. The number of halogens is 2. The van der Waals surface area contributed by atoms with Crippen LogP contribution in [0, 0.1) is 6.92 Å². The monoisotopic (exact) mass is 477 g/mol. The zero-order chi connectivity index (χ0) is 24.7. The first-order valence-electron chi connectivity index (χ1n) is 11.5. The second-order valence-corrected chi connectivity index (χ2v) is 9.16. The summed E-state index contributed by atoms with van der Waals surface area (Å²) >= 11 is 0. The van der Waals surface area contributed by atoms with Crippen LogP contribution < -0.4 is 4.74 Å². The van der Waals surface area contributed by atoms with E-state index in [2.05, 4.69) is 4.98 Å². The maximum absolute atomic E-state index is 13.7. The number of carboxylic acid groups (broad SMARTS) is 1. The van der Waals surface area contributed by atoms with Gasteiger partial charge in [-0.1, -0.05) is 30.3 Å². The molecular formula is C28H25F2NO4. The molecular weight excluding hydrogens is 452 g/mol. The van der Waals surface area contributed by atoms with Crippen LogP contribution in [0.2, 0.25) is 0 Å². The Bertz CT molecular complexity index is 1440. The summed E-state index contributed by atoms with van der Waals surface area (Å²) in [5.74, 6) is -0.596. The van der Waals surface area contributed by atoms with Gasteiger partial charge in [-0.3, -0.25) is 4.98 Å². The Morgan fingerprint density at radius 1 is 1.20 bits per heavy atom. The van der Waals surface area contributed by atoms with Crippen LogP contribution in [0.15, 0.2) is 54.7 Å². The number of rotatable bonds is 7. The molecule has 5 nitrogen and oxygen atoms in total. The molecule has 2 heterocycles. The fourth-order valence-electron chi connectivity index (χ4n) is 4.85. The van der Waals surface area contributed by atoms with Gasteiger partial charge in [-0.25, -0.2) is 13.6 Å². The number of hydrogen-bond acceptors (Lipinski definition) is 4. The van der Waals surface area contributed by atoms with Gasteiger partial charge in [-0.2, -0.15) is 0 Å². The topological polar surface area (TPSA) is 68.7 Å². The van der Waals surface area contributed by atoms with E-state index >= 15 is 0 Å². The number of pyridine rings is 1. The van der Waals surface area contributed by atoms with Crippen LogP contribution in [0.4, 0.5) is 8.78 Å². The zero-order valence-corrected chi connectivity index (χ0v) is 19.5. The molecule has 0 amide bonds. The summed E-state index contributed by atoms with van der Waals surface area (Å²) in [6, 6.07) is 15.2. The van der Waals surface area contributed by atoms with Gasteiger partial charge in [0, 0.05) is 29.1 Å². The molecule has 0 saturated carbocycles. The second kappa shape index (κ2) is 8.89. The number of ether oxygens (including phenoxy) is 2. The number of nitrogens with zero attached hydrogens (tertiary/aromatic N) is 1. The summed E-state index contributed by atoms with van der Waals surface area (Å²) < 4.78 is 39.0. The van der Waals surface area contributed by atoms with Gasteiger partial charge in [0.25, 0.3) is 0 Å². The van der Waals surface area contributed by atoms with Crippen molar-refractivity contribution in [2.24, 2.45) is 0 Å². The lowest BCUT2D eigenvalue weighted by molar-refractivity contribution is -0.167. The Hall–Kier alpha value is -3.58. The van der Waals surface area contributed by atoms with Crippen LogP contribution in [-0.4, -0.2) is 41.6 Å². The van der Waals surface area contributed by atoms with Crippen molar-refractivity contribution >= 4 is 27.6 Å². The number of carbonyl (C=O) groups is 1. The Morgan fingerprint density at radius 3 is 2.71 bits per heavy atom. The van der Waals surface area contributed by atoms with E-state index in [1.54, 1.807) is 13.1 Å².